The zero-order valence-electron chi connectivity index (χ0n) is 25.3. The van der Waals surface area contributed by atoms with Gasteiger partial charge in [0.05, 0.1) is 12.6 Å². The molecule has 0 aromatic heterocycles. The summed E-state index contributed by atoms with van der Waals surface area (Å²) in [6.45, 7) is 16.0. The van der Waals surface area contributed by atoms with Gasteiger partial charge in [0.25, 0.3) is 0 Å². The van der Waals surface area contributed by atoms with Crippen LogP contribution in [0.15, 0.2) is 12.2 Å². The molecular weight excluding hydrogens is 466 g/mol. The maximum atomic E-state index is 13.1. The molecule has 2 heterocycles. The summed E-state index contributed by atoms with van der Waals surface area (Å²) >= 11 is 0. The van der Waals surface area contributed by atoms with Crippen LogP contribution >= 0.6 is 0 Å². The number of rotatable bonds is 15. The normalized spacial score (nSPS) is 25.3. The fourth-order valence-electron chi connectivity index (χ4n) is 5.34. The van der Waals surface area contributed by atoms with Crippen molar-refractivity contribution < 1.29 is 23.7 Å². The second kappa shape index (κ2) is 14.9. The highest BCUT2D eigenvalue weighted by Gasteiger charge is 2.54. The van der Waals surface area contributed by atoms with E-state index < -0.39 is 17.1 Å². The predicted octanol–water partition coefficient (Wildman–Crippen LogP) is 8.53. The predicted molar refractivity (Wildman–Crippen MR) is 151 cm³/mol. The fraction of sp³-hybridized carbons (Fsp3) is 0.903. The number of nitrogens with zero attached hydrogens (tertiary/aromatic N) is 1. The summed E-state index contributed by atoms with van der Waals surface area (Å²) < 4.78 is 24.3. The third kappa shape index (κ3) is 11.3. The van der Waals surface area contributed by atoms with Crippen molar-refractivity contribution in [2.75, 3.05) is 6.61 Å². The van der Waals surface area contributed by atoms with Crippen molar-refractivity contribution >= 4 is 6.09 Å². The molecule has 0 saturated carbocycles. The van der Waals surface area contributed by atoms with Gasteiger partial charge >= 0.3 is 6.09 Å². The molecule has 2 rings (SSSR count). The molecule has 37 heavy (non-hydrogen) atoms. The van der Waals surface area contributed by atoms with Gasteiger partial charge in [0.15, 0.2) is 5.79 Å². The molecule has 1 amide bonds. The molecule has 2 aliphatic rings. The van der Waals surface area contributed by atoms with Crippen LogP contribution in [0, 0.1) is 0 Å². The van der Waals surface area contributed by atoms with E-state index in [1.165, 1.54) is 77.0 Å². The third-order valence-corrected chi connectivity index (χ3v) is 7.20. The maximum absolute atomic E-state index is 13.1. The Bertz CT molecular complexity index is 696. The summed E-state index contributed by atoms with van der Waals surface area (Å²) in [5, 5.41) is 0. The number of ether oxygens (including phenoxy) is 4. The number of allylic oxidation sites excluding steroid dienone is 1. The Kier molecular flexibility index (Phi) is 12.9. The highest BCUT2D eigenvalue weighted by molar-refractivity contribution is 5.70. The molecule has 0 aromatic rings. The fourth-order valence-corrected chi connectivity index (χ4v) is 5.34. The number of carbonyl (C=O) groups excluding carboxylic acids is 1. The molecule has 2 saturated heterocycles. The van der Waals surface area contributed by atoms with Crippen molar-refractivity contribution in [1.29, 1.82) is 0 Å². The first kappa shape index (κ1) is 32.1. The number of amides is 1. The second-order valence-corrected chi connectivity index (χ2v) is 12.8. The first-order valence-corrected chi connectivity index (χ1v) is 15.0. The van der Waals surface area contributed by atoms with Gasteiger partial charge in [0.1, 0.15) is 23.5 Å². The van der Waals surface area contributed by atoms with Crippen molar-refractivity contribution in [2.45, 2.75) is 174 Å². The van der Waals surface area contributed by atoms with Gasteiger partial charge in [0, 0.05) is 0 Å². The van der Waals surface area contributed by atoms with Gasteiger partial charge in [-0.1, -0.05) is 89.7 Å². The molecule has 216 valence electrons. The van der Waals surface area contributed by atoms with Crippen molar-refractivity contribution in [3.8, 4) is 0 Å². The van der Waals surface area contributed by atoms with Crippen LogP contribution in [0.1, 0.15) is 139 Å². The van der Waals surface area contributed by atoms with Gasteiger partial charge in [-0.2, -0.15) is 0 Å². The lowest BCUT2D eigenvalue weighted by Crippen LogP contribution is -2.55. The van der Waals surface area contributed by atoms with E-state index in [4.69, 9.17) is 18.9 Å². The Morgan fingerprint density at radius 2 is 1.43 bits per heavy atom. The zero-order chi connectivity index (χ0) is 27.5. The minimum absolute atomic E-state index is 0.236. The largest absolute Gasteiger partial charge is 0.444 e. The Hall–Kier alpha value is -1.11. The molecule has 0 aromatic carbocycles. The van der Waals surface area contributed by atoms with Crippen LogP contribution in [0.3, 0.4) is 0 Å². The van der Waals surface area contributed by atoms with Crippen molar-refractivity contribution in [3.63, 3.8) is 0 Å². The molecule has 2 fully saturated rings. The van der Waals surface area contributed by atoms with Crippen molar-refractivity contribution in [1.82, 2.24) is 4.90 Å². The van der Waals surface area contributed by atoms with Crippen LogP contribution in [0.5, 0.6) is 0 Å². The second-order valence-electron chi connectivity index (χ2n) is 12.8. The Labute approximate surface area is 227 Å². The topological polar surface area (TPSA) is 57.2 Å². The van der Waals surface area contributed by atoms with Gasteiger partial charge in [0.2, 0.25) is 0 Å². The van der Waals surface area contributed by atoms with E-state index in [0.29, 0.717) is 6.61 Å². The van der Waals surface area contributed by atoms with Crippen LogP contribution in [0.2, 0.25) is 0 Å². The van der Waals surface area contributed by atoms with Gasteiger partial charge in [-0.25, -0.2) is 4.79 Å². The van der Waals surface area contributed by atoms with Crippen LogP contribution in [0.25, 0.3) is 0 Å². The number of unbranched alkanes of at least 4 members (excludes halogenated alkanes) is 12. The lowest BCUT2D eigenvalue weighted by atomic mass is 10.0. The van der Waals surface area contributed by atoms with E-state index in [1.54, 1.807) is 4.90 Å². The molecule has 0 unspecified atom stereocenters. The van der Waals surface area contributed by atoms with Crippen LogP contribution in [-0.4, -0.2) is 53.0 Å². The Morgan fingerprint density at radius 3 is 1.97 bits per heavy atom. The first-order valence-electron chi connectivity index (χ1n) is 15.0. The van der Waals surface area contributed by atoms with E-state index in [9.17, 15) is 4.79 Å². The average Bonchev–Trinajstić information content (AvgIpc) is 3.27. The SMILES string of the molecule is CCCCCCCCCCCCCC/C=C\[C@H]1OC(C)(C)O[C@H]1[C@@H]1COC(C)(C)N1C(=O)OC(C)(C)C. The van der Waals surface area contributed by atoms with E-state index in [1.807, 2.05) is 48.5 Å². The molecule has 2 aliphatic heterocycles. The minimum atomic E-state index is -0.771. The molecular formula is C31H57NO5. The summed E-state index contributed by atoms with van der Waals surface area (Å²) in [6.07, 6.45) is 20.7. The van der Waals surface area contributed by atoms with E-state index in [-0.39, 0.29) is 24.3 Å². The highest BCUT2D eigenvalue weighted by Crippen LogP contribution is 2.38. The van der Waals surface area contributed by atoms with Crippen LogP contribution < -0.4 is 0 Å². The average molecular weight is 524 g/mol. The number of hydrogen-bond donors (Lipinski definition) is 0. The van der Waals surface area contributed by atoms with Gasteiger partial charge < -0.3 is 18.9 Å². The molecule has 0 spiro atoms. The lowest BCUT2D eigenvalue weighted by molar-refractivity contribution is -0.149. The molecule has 6 nitrogen and oxygen atoms in total. The zero-order valence-corrected chi connectivity index (χ0v) is 25.3. The molecule has 0 radical (unpaired) electrons. The van der Waals surface area contributed by atoms with E-state index >= 15 is 0 Å². The minimum Gasteiger partial charge on any atom is -0.444 e. The molecule has 6 heteroatoms. The maximum Gasteiger partial charge on any atom is 0.412 e. The van der Waals surface area contributed by atoms with E-state index in [0.717, 1.165) is 6.42 Å². The summed E-state index contributed by atoms with van der Waals surface area (Å²) in [5.41, 5.74) is -1.35. The Morgan fingerprint density at radius 1 is 0.892 bits per heavy atom. The van der Waals surface area contributed by atoms with Gasteiger partial charge in [-0.3, -0.25) is 4.90 Å². The molecule has 3 atom stereocenters. The van der Waals surface area contributed by atoms with Gasteiger partial charge in [-0.05, 0) is 61.3 Å². The smallest absolute Gasteiger partial charge is 0.412 e. The third-order valence-electron chi connectivity index (χ3n) is 7.20. The molecule has 0 N–H and O–H groups in total. The number of hydrogen-bond acceptors (Lipinski definition) is 5. The summed E-state index contributed by atoms with van der Waals surface area (Å²) in [7, 11) is 0. The van der Waals surface area contributed by atoms with E-state index in [2.05, 4.69) is 19.1 Å². The molecule has 0 bridgehead atoms. The van der Waals surface area contributed by atoms with Crippen LogP contribution in [-0.2, 0) is 18.9 Å². The van der Waals surface area contributed by atoms with Crippen molar-refractivity contribution in [3.05, 3.63) is 12.2 Å². The Balaban J connectivity index is 1.78. The molecule has 0 aliphatic carbocycles. The highest BCUT2D eigenvalue weighted by atomic mass is 16.8. The summed E-state index contributed by atoms with van der Waals surface area (Å²) in [5.74, 6) is -0.720. The summed E-state index contributed by atoms with van der Waals surface area (Å²) in [4.78, 5) is 14.8. The van der Waals surface area contributed by atoms with Gasteiger partial charge in [-0.15, -0.1) is 0 Å². The lowest BCUT2D eigenvalue weighted by Gasteiger charge is -2.37. The van der Waals surface area contributed by atoms with Crippen molar-refractivity contribution in [2.24, 2.45) is 0 Å². The monoisotopic (exact) mass is 523 g/mol. The summed E-state index contributed by atoms with van der Waals surface area (Å²) in [6, 6.07) is -0.284. The number of carbonyl (C=O) groups is 1. The first-order chi connectivity index (χ1) is 17.4. The standard InChI is InChI=1S/C31H57NO5/c1-9-10-11-12-13-14-15-16-17-18-19-20-21-22-23-26-27(36-31(7,8)35-26)25-24-34-30(5,6)32(25)28(33)37-29(2,3)4/h22-23,25-27H,9-21,24H2,1-8H3/b23-22-/t25-,26+,27-/m0/s1. The van der Waals surface area contributed by atoms with Crippen LogP contribution in [0.4, 0.5) is 4.79 Å². The quantitative estimate of drug-likeness (QED) is 0.159.